The Labute approximate surface area is 161 Å². The van der Waals surface area contributed by atoms with Crippen LogP contribution in [0.1, 0.15) is 43.7 Å². The summed E-state index contributed by atoms with van der Waals surface area (Å²) in [5.41, 5.74) is -0.728. The SMILES string of the molecule is C=CC1CCC(C(F)=C(F)c2cc3ccc(/C=C/C)c(F)c3c(F)c2F)CC1. The Morgan fingerprint density at radius 2 is 1.68 bits per heavy atom. The number of benzene rings is 2. The van der Waals surface area contributed by atoms with Gasteiger partial charge in [-0.2, -0.15) is 0 Å². The Morgan fingerprint density at radius 3 is 2.29 bits per heavy atom. The van der Waals surface area contributed by atoms with Crippen LogP contribution >= 0.6 is 0 Å². The molecule has 0 atom stereocenters. The van der Waals surface area contributed by atoms with Crippen molar-refractivity contribution < 1.29 is 22.0 Å². The Bertz CT molecular complexity index is 963. The molecule has 0 bridgehead atoms. The molecule has 2 aromatic carbocycles. The van der Waals surface area contributed by atoms with Crippen molar-refractivity contribution in [3.05, 3.63) is 71.3 Å². The van der Waals surface area contributed by atoms with E-state index in [0.29, 0.717) is 25.7 Å². The molecule has 28 heavy (non-hydrogen) atoms. The molecule has 1 aliphatic rings. The molecular weight excluding hydrogens is 371 g/mol. The molecule has 148 valence electrons. The summed E-state index contributed by atoms with van der Waals surface area (Å²) >= 11 is 0. The largest absolute Gasteiger partial charge is 0.208 e. The summed E-state index contributed by atoms with van der Waals surface area (Å²) in [7, 11) is 0. The zero-order chi connectivity index (χ0) is 20.4. The highest BCUT2D eigenvalue weighted by molar-refractivity contribution is 5.89. The summed E-state index contributed by atoms with van der Waals surface area (Å²) in [6.07, 6.45) is 6.93. The summed E-state index contributed by atoms with van der Waals surface area (Å²) in [4.78, 5) is 0. The van der Waals surface area contributed by atoms with Crippen molar-refractivity contribution in [2.24, 2.45) is 11.8 Å². The van der Waals surface area contributed by atoms with Crippen molar-refractivity contribution >= 4 is 22.7 Å². The fourth-order valence-electron chi connectivity index (χ4n) is 3.78. The Morgan fingerprint density at radius 1 is 1.00 bits per heavy atom. The first-order valence-corrected chi connectivity index (χ1v) is 9.30. The predicted molar refractivity (Wildman–Crippen MR) is 103 cm³/mol. The quantitative estimate of drug-likeness (QED) is 0.367. The molecule has 0 heterocycles. The second-order valence-electron chi connectivity index (χ2n) is 7.13. The van der Waals surface area contributed by atoms with Gasteiger partial charge in [-0.3, -0.25) is 0 Å². The average Bonchev–Trinajstić information content (AvgIpc) is 2.71. The molecule has 0 unspecified atom stereocenters. The third-order valence-electron chi connectivity index (χ3n) is 5.41. The van der Waals surface area contributed by atoms with Crippen LogP contribution in [0.3, 0.4) is 0 Å². The van der Waals surface area contributed by atoms with Crippen molar-refractivity contribution in [1.29, 1.82) is 0 Å². The topological polar surface area (TPSA) is 0 Å². The van der Waals surface area contributed by atoms with Crippen molar-refractivity contribution in [2.75, 3.05) is 0 Å². The molecule has 0 nitrogen and oxygen atoms in total. The van der Waals surface area contributed by atoms with Gasteiger partial charge in [0.25, 0.3) is 0 Å². The third kappa shape index (κ3) is 3.62. The van der Waals surface area contributed by atoms with E-state index in [-0.39, 0.29) is 16.9 Å². The van der Waals surface area contributed by atoms with E-state index in [1.54, 1.807) is 19.1 Å². The highest BCUT2D eigenvalue weighted by atomic mass is 19.2. The molecule has 0 spiro atoms. The molecule has 1 fully saturated rings. The van der Waals surface area contributed by atoms with E-state index in [1.807, 2.05) is 0 Å². The molecule has 5 heteroatoms. The lowest BCUT2D eigenvalue weighted by atomic mass is 9.81. The maximum Gasteiger partial charge on any atom is 0.170 e. The predicted octanol–water partition coefficient (Wildman–Crippen LogP) is 7.89. The summed E-state index contributed by atoms with van der Waals surface area (Å²) in [6.45, 7) is 5.37. The lowest BCUT2D eigenvalue weighted by Crippen LogP contribution is -2.14. The first-order chi connectivity index (χ1) is 13.4. The summed E-state index contributed by atoms with van der Waals surface area (Å²) < 4.78 is 72.9. The second-order valence-corrected chi connectivity index (χ2v) is 7.13. The fourth-order valence-corrected chi connectivity index (χ4v) is 3.78. The molecule has 3 rings (SSSR count). The van der Waals surface area contributed by atoms with E-state index < -0.39 is 46.0 Å². The molecule has 0 aromatic heterocycles. The molecule has 0 aliphatic heterocycles. The van der Waals surface area contributed by atoms with Gasteiger partial charge in [0.2, 0.25) is 0 Å². The van der Waals surface area contributed by atoms with Gasteiger partial charge < -0.3 is 0 Å². The van der Waals surface area contributed by atoms with Crippen LogP contribution in [0.15, 0.2) is 42.8 Å². The monoisotopic (exact) mass is 392 g/mol. The van der Waals surface area contributed by atoms with E-state index >= 15 is 0 Å². The van der Waals surface area contributed by atoms with Crippen molar-refractivity contribution in [2.45, 2.75) is 32.6 Å². The highest BCUT2D eigenvalue weighted by Gasteiger charge is 2.28. The summed E-state index contributed by atoms with van der Waals surface area (Å²) in [5, 5.41) is -0.602. The van der Waals surface area contributed by atoms with Gasteiger partial charge in [0.05, 0.1) is 10.9 Å². The van der Waals surface area contributed by atoms with Gasteiger partial charge >= 0.3 is 0 Å². The molecule has 1 saturated carbocycles. The summed E-state index contributed by atoms with van der Waals surface area (Å²) in [5.74, 6) is -6.96. The lowest BCUT2D eigenvalue weighted by molar-refractivity contribution is 0.304. The first-order valence-electron chi connectivity index (χ1n) is 9.30. The Balaban J connectivity index is 2.07. The molecule has 0 saturated heterocycles. The smallest absolute Gasteiger partial charge is 0.170 e. The third-order valence-corrected chi connectivity index (χ3v) is 5.41. The first kappa shape index (κ1) is 20.3. The molecule has 0 N–H and O–H groups in total. The van der Waals surface area contributed by atoms with Crippen LogP contribution in [-0.2, 0) is 0 Å². The minimum atomic E-state index is -1.59. The van der Waals surface area contributed by atoms with Crippen LogP contribution in [-0.4, -0.2) is 0 Å². The van der Waals surface area contributed by atoms with Crippen LogP contribution in [0.2, 0.25) is 0 Å². The van der Waals surface area contributed by atoms with Gasteiger partial charge in [-0.25, -0.2) is 22.0 Å². The number of hydrogen-bond acceptors (Lipinski definition) is 0. The minimum absolute atomic E-state index is 0.0297. The number of allylic oxidation sites excluding steroid dienone is 3. The molecule has 0 amide bonds. The van der Waals surface area contributed by atoms with Gasteiger partial charge in [-0.05, 0) is 50.0 Å². The van der Waals surface area contributed by atoms with Crippen molar-refractivity contribution in [1.82, 2.24) is 0 Å². The molecule has 2 aromatic rings. The van der Waals surface area contributed by atoms with Gasteiger partial charge in [0.15, 0.2) is 17.5 Å². The van der Waals surface area contributed by atoms with Crippen LogP contribution < -0.4 is 0 Å². The van der Waals surface area contributed by atoms with Crippen LogP contribution in [0.25, 0.3) is 22.7 Å². The Kier molecular flexibility index (Phi) is 6.01. The van der Waals surface area contributed by atoms with E-state index in [4.69, 9.17) is 0 Å². The summed E-state index contributed by atoms with van der Waals surface area (Å²) in [6, 6.07) is 3.70. The van der Waals surface area contributed by atoms with E-state index in [0.717, 1.165) is 6.07 Å². The maximum atomic E-state index is 14.7. The zero-order valence-electron chi connectivity index (χ0n) is 15.5. The van der Waals surface area contributed by atoms with Crippen LogP contribution in [0.4, 0.5) is 22.0 Å². The normalized spacial score (nSPS) is 21.2. The van der Waals surface area contributed by atoms with Gasteiger partial charge in [-0.1, -0.05) is 30.4 Å². The number of hydrogen-bond donors (Lipinski definition) is 0. The number of halogens is 5. The zero-order valence-corrected chi connectivity index (χ0v) is 15.5. The maximum absolute atomic E-state index is 14.7. The number of fused-ring (bicyclic) bond motifs is 1. The van der Waals surface area contributed by atoms with E-state index in [9.17, 15) is 22.0 Å². The molecular formula is C23H21F5. The van der Waals surface area contributed by atoms with Crippen LogP contribution in [0, 0.1) is 29.3 Å². The van der Waals surface area contributed by atoms with Gasteiger partial charge in [0.1, 0.15) is 11.6 Å². The van der Waals surface area contributed by atoms with Gasteiger partial charge in [0, 0.05) is 11.5 Å². The standard InChI is InChI=1S/C23H21F5/c1-3-5-14-10-11-16-12-17(22(27)23(28)18(16)19(14)24)21(26)20(25)15-8-6-13(4-2)7-9-15/h3-5,10-13,15H,2,6-9H2,1H3/b5-3+,21-20?. The van der Waals surface area contributed by atoms with Crippen molar-refractivity contribution in [3.63, 3.8) is 0 Å². The average molecular weight is 392 g/mol. The van der Waals surface area contributed by atoms with Crippen LogP contribution in [0.5, 0.6) is 0 Å². The van der Waals surface area contributed by atoms with Crippen molar-refractivity contribution in [3.8, 4) is 0 Å². The minimum Gasteiger partial charge on any atom is -0.208 e. The number of rotatable bonds is 4. The molecule has 1 aliphatic carbocycles. The second kappa shape index (κ2) is 8.29. The fraction of sp³-hybridized carbons (Fsp3) is 0.304. The Hall–Kier alpha value is -2.43. The highest BCUT2D eigenvalue weighted by Crippen LogP contribution is 2.40. The van der Waals surface area contributed by atoms with E-state index in [1.165, 1.54) is 18.2 Å². The van der Waals surface area contributed by atoms with Gasteiger partial charge in [-0.15, -0.1) is 6.58 Å². The lowest BCUT2D eigenvalue weighted by Gasteiger charge is -2.25. The van der Waals surface area contributed by atoms with E-state index in [2.05, 4.69) is 6.58 Å². The molecule has 0 radical (unpaired) electrons.